The first kappa shape index (κ1) is 18.2. The van der Waals surface area contributed by atoms with E-state index < -0.39 is 0 Å². The zero-order valence-electron chi connectivity index (χ0n) is 13.1. The Bertz CT molecular complexity index is 881. The van der Waals surface area contributed by atoms with Crippen molar-refractivity contribution in [1.82, 2.24) is 10.2 Å². The summed E-state index contributed by atoms with van der Waals surface area (Å²) in [6.07, 6.45) is -0.198. The Balaban J connectivity index is 1.78. The van der Waals surface area contributed by atoms with Crippen LogP contribution in [0.5, 0.6) is 11.6 Å². The maximum atomic E-state index is 9.79. The van der Waals surface area contributed by atoms with Crippen molar-refractivity contribution in [2.75, 3.05) is 0 Å². The molecule has 1 heterocycles. The molecule has 0 saturated carbocycles. The van der Waals surface area contributed by atoms with E-state index in [9.17, 15) is 5.11 Å². The number of aromatic nitrogens is 2. The summed E-state index contributed by atoms with van der Waals surface area (Å²) in [6.45, 7) is 1.93. The van der Waals surface area contributed by atoms with E-state index in [1.165, 1.54) is 0 Å². The summed E-state index contributed by atoms with van der Waals surface area (Å²) in [7, 11) is 0. The molecule has 25 heavy (non-hydrogen) atoms. The van der Waals surface area contributed by atoms with Crippen LogP contribution in [0.3, 0.4) is 0 Å². The first-order chi connectivity index (χ1) is 11.9. The summed E-state index contributed by atoms with van der Waals surface area (Å²) >= 11 is 12.6. The molecular weight excluding hydrogens is 471 g/mol. The lowest BCUT2D eigenvalue weighted by Gasteiger charge is -2.14. The second-order valence-electron chi connectivity index (χ2n) is 5.36. The minimum Gasteiger partial charge on any atom is -0.506 e. The molecule has 1 aromatic heterocycles. The van der Waals surface area contributed by atoms with Crippen molar-refractivity contribution in [2.24, 2.45) is 0 Å². The van der Waals surface area contributed by atoms with Gasteiger partial charge in [0.2, 0.25) is 5.88 Å². The Hall–Kier alpha value is -1.63. The minimum absolute atomic E-state index is 0.145. The predicted octanol–water partition coefficient (Wildman–Crippen LogP) is 6.17. The first-order valence-electron chi connectivity index (χ1n) is 7.38. The van der Waals surface area contributed by atoms with Gasteiger partial charge in [0.1, 0.15) is 11.9 Å². The molecule has 3 aromatic rings. The van der Waals surface area contributed by atoms with Crippen LogP contribution in [0.2, 0.25) is 5.02 Å². The molecule has 4 nitrogen and oxygen atoms in total. The summed E-state index contributed by atoms with van der Waals surface area (Å²) in [5, 5.41) is 18.8. The molecule has 7 heteroatoms. The summed E-state index contributed by atoms with van der Waals surface area (Å²) in [6, 6.07) is 14.6. The molecule has 1 N–H and O–H groups in total. The van der Waals surface area contributed by atoms with Gasteiger partial charge in [-0.25, -0.2) is 0 Å². The van der Waals surface area contributed by atoms with E-state index in [1.54, 1.807) is 18.2 Å². The van der Waals surface area contributed by atoms with Crippen LogP contribution in [0.25, 0.3) is 11.3 Å². The van der Waals surface area contributed by atoms with E-state index in [1.807, 2.05) is 37.3 Å². The standard InChI is InChI=1S/C18H13Br2ClN2O2/c1-10(11-3-2-4-13(21)7-11)25-17-6-5-16(22-23-17)12-8-14(19)18(24)15(20)9-12/h2-10,24H,1H3. The fourth-order valence-electron chi connectivity index (χ4n) is 2.26. The normalized spacial score (nSPS) is 12.0. The lowest BCUT2D eigenvalue weighted by Crippen LogP contribution is -2.05. The zero-order valence-corrected chi connectivity index (χ0v) is 17.0. The van der Waals surface area contributed by atoms with Crippen LogP contribution < -0.4 is 4.74 Å². The predicted molar refractivity (Wildman–Crippen MR) is 105 cm³/mol. The van der Waals surface area contributed by atoms with Gasteiger partial charge in [0.25, 0.3) is 0 Å². The number of phenolic OH excluding ortho intramolecular Hbond substituents is 1. The molecule has 1 unspecified atom stereocenters. The highest BCUT2D eigenvalue weighted by atomic mass is 79.9. The maximum Gasteiger partial charge on any atom is 0.234 e. The summed E-state index contributed by atoms with van der Waals surface area (Å²) in [5.74, 6) is 0.570. The second-order valence-corrected chi connectivity index (χ2v) is 7.51. The van der Waals surface area contributed by atoms with Gasteiger partial charge in [-0.15, -0.1) is 10.2 Å². The third kappa shape index (κ3) is 4.32. The molecule has 0 aliphatic carbocycles. The van der Waals surface area contributed by atoms with Crippen molar-refractivity contribution < 1.29 is 9.84 Å². The van der Waals surface area contributed by atoms with Crippen molar-refractivity contribution in [3.05, 3.63) is 68.1 Å². The van der Waals surface area contributed by atoms with Crippen LogP contribution >= 0.6 is 43.5 Å². The van der Waals surface area contributed by atoms with Crippen LogP contribution in [-0.4, -0.2) is 15.3 Å². The smallest absolute Gasteiger partial charge is 0.234 e. The Morgan fingerprint density at radius 1 is 1.04 bits per heavy atom. The van der Waals surface area contributed by atoms with Gasteiger partial charge in [0.05, 0.1) is 14.6 Å². The highest BCUT2D eigenvalue weighted by molar-refractivity contribution is 9.11. The van der Waals surface area contributed by atoms with Gasteiger partial charge in [-0.1, -0.05) is 23.7 Å². The molecule has 0 saturated heterocycles. The van der Waals surface area contributed by atoms with E-state index in [4.69, 9.17) is 16.3 Å². The van der Waals surface area contributed by atoms with Crippen LogP contribution in [0.15, 0.2) is 57.5 Å². The van der Waals surface area contributed by atoms with E-state index >= 15 is 0 Å². The molecule has 0 aliphatic heterocycles. The number of rotatable bonds is 4. The largest absolute Gasteiger partial charge is 0.506 e. The van der Waals surface area contributed by atoms with Crippen LogP contribution in [0.1, 0.15) is 18.6 Å². The van der Waals surface area contributed by atoms with E-state index in [0.29, 0.717) is 25.5 Å². The van der Waals surface area contributed by atoms with Crippen molar-refractivity contribution in [3.63, 3.8) is 0 Å². The summed E-state index contributed by atoms with van der Waals surface area (Å²) in [4.78, 5) is 0. The number of hydrogen-bond donors (Lipinski definition) is 1. The van der Waals surface area contributed by atoms with Gasteiger partial charge >= 0.3 is 0 Å². The molecule has 0 fully saturated rings. The number of hydrogen-bond acceptors (Lipinski definition) is 4. The van der Waals surface area contributed by atoms with Gasteiger partial charge in [-0.3, -0.25) is 0 Å². The Kier molecular flexibility index (Phi) is 5.61. The summed E-state index contributed by atoms with van der Waals surface area (Å²) in [5.41, 5.74) is 2.45. The Morgan fingerprint density at radius 2 is 1.76 bits per heavy atom. The quantitative estimate of drug-likeness (QED) is 0.481. The van der Waals surface area contributed by atoms with E-state index in [0.717, 1.165) is 11.1 Å². The van der Waals surface area contributed by atoms with Crippen LogP contribution in [0, 0.1) is 0 Å². The third-order valence-electron chi connectivity index (χ3n) is 3.57. The molecule has 1 atom stereocenters. The first-order valence-corrected chi connectivity index (χ1v) is 9.34. The van der Waals surface area contributed by atoms with E-state index in [2.05, 4.69) is 42.1 Å². The van der Waals surface area contributed by atoms with Crippen molar-refractivity contribution in [1.29, 1.82) is 0 Å². The van der Waals surface area contributed by atoms with Gasteiger partial charge in [0.15, 0.2) is 0 Å². The molecule has 0 aliphatic rings. The summed E-state index contributed by atoms with van der Waals surface area (Å²) < 4.78 is 6.98. The van der Waals surface area contributed by atoms with E-state index in [-0.39, 0.29) is 11.9 Å². The van der Waals surface area contributed by atoms with Gasteiger partial charge in [-0.2, -0.15) is 0 Å². The fourth-order valence-corrected chi connectivity index (χ4v) is 3.64. The monoisotopic (exact) mass is 482 g/mol. The van der Waals surface area contributed by atoms with Gasteiger partial charge < -0.3 is 9.84 Å². The number of nitrogens with zero attached hydrogens (tertiary/aromatic N) is 2. The highest BCUT2D eigenvalue weighted by Crippen LogP contribution is 2.36. The number of ether oxygens (including phenoxy) is 1. The third-order valence-corrected chi connectivity index (χ3v) is 5.01. The maximum absolute atomic E-state index is 9.79. The number of aromatic hydroxyl groups is 1. The number of benzene rings is 2. The van der Waals surface area contributed by atoms with Crippen LogP contribution in [-0.2, 0) is 0 Å². The highest BCUT2D eigenvalue weighted by Gasteiger charge is 2.11. The molecule has 0 radical (unpaired) electrons. The fraction of sp³-hybridized carbons (Fsp3) is 0.111. The minimum atomic E-state index is -0.198. The molecule has 0 spiro atoms. The topological polar surface area (TPSA) is 55.2 Å². The molecular formula is C18H13Br2ClN2O2. The van der Waals surface area contributed by atoms with Crippen molar-refractivity contribution in [3.8, 4) is 22.9 Å². The van der Waals surface area contributed by atoms with Crippen molar-refractivity contribution >= 4 is 43.5 Å². The lowest BCUT2D eigenvalue weighted by atomic mass is 10.1. The SMILES string of the molecule is CC(Oc1ccc(-c2cc(Br)c(O)c(Br)c2)nn1)c1cccc(Cl)c1. The molecule has 0 bridgehead atoms. The average molecular weight is 485 g/mol. The van der Waals surface area contributed by atoms with Gasteiger partial charge in [-0.05, 0) is 74.7 Å². The lowest BCUT2D eigenvalue weighted by molar-refractivity contribution is 0.215. The second kappa shape index (κ2) is 7.72. The average Bonchev–Trinajstić information content (AvgIpc) is 2.60. The van der Waals surface area contributed by atoms with Crippen LogP contribution in [0.4, 0.5) is 0 Å². The molecule has 3 rings (SSSR count). The van der Waals surface area contributed by atoms with Crippen molar-refractivity contribution in [2.45, 2.75) is 13.0 Å². The zero-order chi connectivity index (χ0) is 18.0. The number of phenols is 1. The molecule has 2 aromatic carbocycles. The number of halogens is 3. The van der Waals surface area contributed by atoms with Gasteiger partial charge in [0, 0.05) is 16.7 Å². The molecule has 0 amide bonds. The Labute approximate surface area is 167 Å². The molecule has 128 valence electrons. The Morgan fingerprint density at radius 3 is 2.36 bits per heavy atom.